The topological polar surface area (TPSA) is 72.5 Å². The molecule has 0 fully saturated rings. The first-order chi connectivity index (χ1) is 13.4. The molecule has 0 aromatic heterocycles. The van der Waals surface area contributed by atoms with Crippen LogP contribution in [0.3, 0.4) is 0 Å². The first-order valence-electron chi connectivity index (χ1n) is 7.51. The van der Waals surface area contributed by atoms with Gasteiger partial charge in [0.05, 0.1) is 20.5 Å². The van der Waals surface area contributed by atoms with Crippen LogP contribution in [0.2, 0.25) is 10.0 Å². The van der Waals surface area contributed by atoms with E-state index in [9.17, 15) is 35.2 Å². The number of halogens is 7. The van der Waals surface area contributed by atoms with Crippen molar-refractivity contribution in [2.24, 2.45) is 0 Å². The molecule has 2 rings (SSSR count). The van der Waals surface area contributed by atoms with Crippen molar-refractivity contribution < 1.29 is 39.9 Å². The molecule has 0 radical (unpaired) electrons. The van der Waals surface area contributed by atoms with Crippen LogP contribution in [-0.2, 0) is 26.2 Å². The van der Waals surface area contributed by atoms with Gasteiger partial charge in [0.15, 0.2) is 23.3 Å². The van der Waals surface area contributed by atoms with E-state index in [1.165, 1.54) is 6.07 Å². The van der Waals surface area contributed by atoms with Crippen LogP contribution >= 0.6 is 23.2 Å². The molecule has 0 aliphatic rings. The van der Waals surface area contributed by atoms with Gasteiger partial charge in [0.2, 0.25) is 15.8 Å². The normalized spacial score (nSPS) is 12.7. The fourth-order valence-electron chi connectivity index (χ4n) is 2.04. The molecule has 0 amide bonds. The van der Waals surface area contributed by atoms with Crippen molar-refractivity contribution in [2.45, 2.75) is 24.5 Å². The van der Waals surface area contributed by atoms with E-state index in [1.54, 1.807) is 0 Å². The Morgan fingerprint density at radius 2 is 1.52 bits per heavy atom. The van der Waals surface area contributed by atoms with Gasteiger partial charge in [0.25, 0.3) is 0 Å². The molecule has 0 saturated carbocycles. The van der Waals surface area contributed by atoms with E-state index in [-0.39, 0.29) is 14.9 Å². The van der Waals surface area contributed by atoms with Crippen LogP contribution in [0.25, 0.3) is 0 Å². The molecular weight excluding hydrogens is 468 g/mol. The first kappa shape index (κ1) is 23.3. The molecule has 1 N–H and O–H groups in total. The molecule has 2 aromatic carbocycles. The van der Waals surface area contributed by atoms with Gasteiger partial charge >= 0.3 is 5.97 Å². The fourth-order valence-corrected chi connectivity index (χ4v) is 3.62. The van der Waals surface area contributed by atoms with Gasteiger partial charge in [0.1, 0.15) is 12.6 Å². The predicted molar refractivity (Wildman–Crippen MR) is 92.3 cm³/mol. The van der Waals surface area contributed by atoms with Gasteiger partial charge in [-0.2, -0.15) is 4.72 Å². The smallest absolute Gasteiger partial charge is 0.324 e. The molecule has 0 aliphatic heterocycles. The Morgan fingerprint density at radius 1 is 1.00 bits per heavy atom. The van der Waals surface area contributed by atoms with Crippen molar-refractivity contribution in [1.82, 2.24) is 4.72 Å². The summed E-state index contributed by atoms with van der Waals surface area (Å²) in [6.45, 7) is -0.278. The zero-order valence-corrected chi connectivity index (χ0v) is 16.5. The number of sulfonamides is 1. The summed E-state index contributed by atoms with van der Waals surface area (Å²) in [6.07, 6.45) is 0. The summed E-state index contributed by atoms with van der Waals surface area (Å²) in [4.78, 5) is 11.6. The molecular formula is C16H10Cl2F5NO4S. The van der Waals surface area contributed by atoms with Gasteiger partial charge in [-0.3, -0.25) is 4.79 Å². The van der Waals surface area contributed by atoms with Crippen molar-refractivity contribution in [2.75, 3.05) is 0 Å². The van der Waals surface area contributed by atoms with Crippen LogP contribution in [0.15, 0.2) is 23.1 Å². The van der Waals surface area contributed by atoms with Gasteiger partial charge < -0.3 is 4.74 Å². The van der Waals surface area contributed by atoms with Gasteiger partial charge in [-0.25, -0.2) is 30.4 Å². The minimum Gasteiger partial charge on any atom is -0.459 e. The van der Waals surface area contributed by atoms with E-state index >= 15 is 0 Å². The van der Waals surface area contributed by atoms with Crippen molar-refractivity contribution in [1.29, 1.82) is 0 Å². The third-order valence-corrected chi connectivity index (χ3v) is 5.82. The lowest BCUT2D eigenvalue weighted by Gasteiger charge is -2.15. The zero-order chi connectivity index (χ0) is 22.1. The summed E-state index contributed by atoms with van der Waals surface area (Å²) >= 11 is 11.4. The van der Waals surface area contributed by atoms with Crippen LogP contribution in [0, 0.1) is 29.1 Å². The SMILES string of the molecule is C[C@H](NS(=O)(=O)c1ccc(Cl)c(Cl)c1)C(=O)OCc1c(F)c(F)c(F)c(F)c1F. The Balaban J connectivity index is 2.13. The molecule has 0 spiro atoms. The van der Waals surface area contributed by atoms with Crippen LogP contribution in [0.4, 0.5) is 22.0 Å². The van der Waals surface area contributed by atoms with Gasteiger partial charge in [0, 0.05) is 0 Å². The second-order valence-corrected chi connectivity index (χ2v) is 8.10. The van der Waals surface area contributed by atoms with E-state index in [0.717, 1.165) is 19.1 Å². The molecule has 2 aromatic rings. The highest BCUT2D eigenvalue weighted by atomic mass is 35.5. The lowest BCUT2D eigenvalue weighted by Crippen LogP contribution is -2.39. The predicted octanol–water partition coefficient (Wildman–Crippen LogP) is 4.10. The lowest BCUT2D eigenvalue weighted by molar-refractivity contribution is -0.146. The summed E-state index contributed by atoms with van der Waals surface area (Å²) < 4.78 is 97.3. The zero-order valence-electron chi connectivity index (χ0n) is 14.2. The number of benzene rings is 2. The summed E-state index contributed by atoms with van der Waals surface area (Å²) in [7, 11) is -4.27. The van der Waals surface area contributed by atoms with Crippen molar-refractivity contribution in [3.05, 3.63) is 62.9 Å². The molecule has 5 nitrogen and oxygen atoms in total. The van der Waals surface area contributed by atoms with Crippen molar-refractivity contribution in [3.8, 4) is 0 Å². The summed E-state index contributed by atoms with van der Waals surface area (Å²) in [5, 5.41) is 0.0111. The van der Waals surface area contributed by atoms with Crippen LogP contribution in [-0.4, -0.2) is 20.4 Å². The minimum absolute atomic E-state index is 0.0731. The highest BCUT2D eigenvalue weighted by molar-refractivity contribution is 7.89. The second kappa shape index (κ2) is 8.82. The third-order valence-electron chi connectivity index (χ3n) is 3.55. The molecule has 0 aliphatic carbocycles. The molecule has 0 bridgehead atoms. The van der Waals surface area contributed by atoms with E-state index in [1.807, 2.05) is 4.72 Å². The second-order valence-electron chi connectivity index (χ2n) is 5.58. The van der Waals surface area contributed by atoms with Crippen molar-refractivity contribution in [3.63, 3.8) is 0 Å². The maximum atomic E-state index is 13.6. The maximum absolute atomic E-state index is 13.6. The Hall–Kier alpha value is -1.95. The highest BCUT2D eigenvalue weighted by Crippen LogP contribution is 2.25. The Kier molecular flexibility index (Phi) is 7.10. The van der Waals surface area contributed by atoms with Crippen LogP contribution < -0.4 is 4.72 Å². The number of hydrogen-bond acceptors (Lipinski definition) is 4. The average molecular weight is 478 g/mol. The minimum atomic E-state index is -4.27. The van der Waals surface area contributed by atoms with E-state index < -0.39 is 63.3 Å². The quantitative estimate of drug-likeness (QED) is 0.294. The Labute approximate surface area is 171 Å². The Morgan fingerprint density at radius 3 is 2.03 bits per heavy atom. The molecule has 29 heavy (non-hydrogen) atoms. The number of rotatable bonds is 6. The summed E-state index contributed by atoms with van der Waals surface area (Å²) in [6, 6.07) is 1.74. The highest BCUT2D eigenvalue weighted by Gasteiger charge is 2.28. The lowest BCUT2D eigenvalue weighted by atomic mass is 10.2. The summed E-state index contributed by atoms with van der Waals surface area (Å²) in [5.74, 6) is -12.4. The number of carbonyl (C=O) groups excluding carboxylic acids is 1. The van der Waals surface area contributed by atoms with Gasteiger partial charge in [-0.05, 0) is 25.1 Å². The number of ether oxygens (including phenoxy) is 1. The van der Waals surface area contributed by atoms with E-state index in [0.29, 0.717) is 0 Å². The first-order valence-corrected chi connectivity index (χ1v) is 9.75. The average Bonchev–Trinajstić information content (AvgIpc) is 2.66. The largest absolute Gasteiger partial charge is 0.459 e. The third kappa shape index (κ3) is 4.97. The van der Waals surface area contributed by atoms with Gasteiger partial charge in [-0.15, -0.1) is 0 Å². The molecule has 0 unspecified atom stereocenters. The number of esters is 1. The van der Waals surface area contributed by atoms with E-state index in [2.05, 4.69) is 4.74 Å². The number of carbonyl (C=O) groups is 1. The molecule has 0 heterocycles. The summed E-state index contributed by atoms with van der Waals surface area (Å²) in [5.41, 5.74) is -1.38. The fraction of sp³-hybridized carbons (Fsp3) is 0.188. The standard InChI is InChI=1S/C16H10Cl2F5NO4S/c1-6(24-29(26,27)7-2-3-9(17)10(18)4-7)16(25)28-5-8-11(19)13(21)15(23)14(22)12(8)20/h2-4,6,24H,5H2,1H3/t6-/m0/s1. The molecule has 13 heteroatoms. The molecule has 0 saturated heterocycles. The number of hydrogen-bond donors (Lipinski definition) is 1. The molecule has 158 valence electrons. The monoisotopic (exact) mass is 477 g/mol. The molecule has 1 atom stereocenters. The maximum Gasteiger partial charge on any atom is 0.324 e. The van der Waals surface area contributed by atoms with E-state index in [4.69, 9.17) is 23.2 Å². The van der Waals surface area contributed by atoms with Crippen LogP contribution in [0.5, 0.6) is 0 Å². The van der Waals surface area contributed by atoms with Crippen LogP contribution in [0.1, 0.15) is 12.5 Å². The number of nitrogens with one attached hydrogen (secondary N) is 1. The van der Waals surface area contributed by atoms with Crippen molar-refractivity contribution >= 4 is 39.2 Å². The van der Waals surface area contributed by atoms with Gasteiger partial charge in [-0.1, -0.05) is 23.2 Å². The Bertz CT molecular complexity index is 1050.